The molecule has 0 bridgehead atoms. The Bertz CT molecular complexity index is 490. The van der Waals surface area contributed by atoms with E-state index in [1.54, 1.807) is 7.05 Å². The standard InChI is InChI=1S/C16H23N3O2/c1-12-10-13(8-9-17-12)16(21)19(2)11-15(20)18-14-6-4-3-5-7-14/h3-7,12-13,17H,8-11H2,1-2H3,(H,18,20)/t12-,13-/m0/s1. The van der Waals surface area contributed by atoms with Gasteiger partial charge in [0.2, 0.25) is 11.8 Å². The van der Waals surface area contributed by atoms with Gasteiger partial charge in [-0.1, -0.05) is 18.2 Å². The van der Waals surface area contributed by atoms with E-state index >= 15 is 0 Å². The number of hydrogen-bond donors (Lipinski definition) is 2. The van der Waals surface area contributed by atoms with Crippen LogP contribution in [0, 0.1) is 5.92 Å². The third-order valence-electron chi connectivity index (χ3n) is 3.79. The van der Waals surface area contributed by atoms with Crippen molar-refractivity contribution in [3.63, 3.8) is 0 Å². The summed E-state index contributed by atoms with van der Waals surface area (Å²) in [4.78, 5) is 25.8. The molecule has 2 atom stereocenters. The molecule has 1 saturated heterocycles. The Balaban J connectivity index is 1.84. The van der Waals surface area contributed by atoms with Crippen molar-refractivity contribution in [2.45, 2.75) is 25.8 Å². The number of benzene rings is 1. The van der Waals surface area contributed by atoms with Crippen molar-refractivity contribution >= 4 is 17.5 Å². The van der Waals surface area contributed by atoms with Gasteiger partial charge in [0.05, 0.1) is 6.54 Å². The van der Waals surface area contributed by atoms with Gasteiger partial charge in [-0.2, -0.15) is 0 Å². The molecule has 0 unspecified atom stereocenters. The average Bonchev–Trinajstić information content (AvgIpc) is 2.47. The fourth-order valence-corrected chi connectivity index (χ4v) is 2.68. The van der Waals surface area contributed by atoms with Gasteiger partial charge in [0.15, 0.2) is 0 Å². The Kier molecular flexibility index (Phi) is 5.33. The van der Waals surface area contributed by atoms with Crippen LogP contribution in [0.25, 0.3) is 0 Å². The molecule has 2 amide bonds. The van der Waals surface area contributed by atoms with Crippen LogP contribution in [-0.2, 0) is 9.59 Å². The number of nitrogens with one attached hydrogen (secondary N) is 2. The average molecular weight is 289 g/mol. The van der Waals surface area contributed by atoms with Crippen LogP contribution in [0.2, 0.25) is 0 Å². The zero-order valence-electron chi connectivity index (χ0n) is 12.6. The van der Waals surface area contributed by atoms with Crippen LogP contribution in [0.1, 0.15) is 19.8 Å². The van der Waals surface area contributed by atoms with Gasteiger partial charge < -0.3 is 15.5 Å². The Morgan fingerprint density at radius 1 is 1.33 bits per heavy atom. The lowest BCUT2D eigenvalue weighted by Gasteiger charge is -2.30. The molecule has 2 rings (SSSR count). The Morgan fingerprint density at radius 3 is 2.71 bits per heavy atom. The van der Waals surface area contributed by atoms with E-state index in [1.807, 2.05) is 30.3 Å². The molecule has 5 heteroatoms. The second-order valence-corrected chi connectivity index (χ2v) is 5.68. The molecule has 1 aliphatic rings. The number of rotatable bonds is 4. The molecule has 0 radical (unpaired) electrons. The number of carbonyl (C=O) groups excluding carboxylic acids is 2. The molecule has 21 heavy (non-hydrogen) atoms. The van der Waals surface area contributed by atoms with E-state index in [-0.39, 0.29) is 24.3 Å². The van der Waals surface area contributed by atoms with Crippen LogP contribution in [0.15, 0.2) is 30.3 Å². The molecule has 5 nitrogen and oxygen atoms in total. The summed E-state index contributed by atoms with van der Waals surface area (Å²) in [5.41, 5.74) is 0.749. The van der Waals surface area contributed by atoms with E-state index in [2.05, 4.69) is 17.6 Å². The van der Waals surface area contributed by atoms with Crippen molar-refractivity contribution in [3.05, 3.63) is 30.3 Å². The monoisotopic (exact) mass is 289 g/mol. The summed E-state index contributed by atoms with van der Waals surface area (Å²) in [5, 5.41) is 6.12. The van der Waals surface area contributed by atoms with Crippen LogP contribution in [0.4, 0.5) is 5.69 Å². The molecular weight excluding hydrogens is 266 g/mol. The SMILES string of the molecule is C[C@H]1C[C@@H](C(=O)N(C)CC(=O)Nc2ccccc2)CCN1. The number of nitrogens with zero attached hydrogens (tertiary/aromatic N) is 1. The summed E-state index contributed by atoms with van der Waals surface area (Å²) in [7, 11) is 1.69. The number of piperidine rings is 1. The smallest absolute Gasteiger partial charge is 0.243 e. The highest BCUT2D eigenvalue weighted by atomic mass is 16.2. The molecule has 2 N–H and O–H groups in total. The van der Waals surface area contributed by atoms with Crippen molar-refractivity contribution in [2.75, 3.05) is 25.5 Å². The third kappa shape index (κ3) is 4.56. The molecule has 0 spiro atoms. The molecule has 1 aromatic carbocycles. The van der Waals surface area contributed by atoms with E-state index in [4.69, 9.17) is 0 Å². The highest BCUT2D eigenvalue weighted by Crippen LogP contribution is 2.18. The van der Waals surface area contributed by atoms with Crippen LogP contribution in [-0.4, -0.2) is 42.9 Å². The van der Waals surface area contributed by atoms with Gasteiger partial charge in [-0.15, -0.1) is 0 Å². The van der Waals surface area contributed by atoms with Crippen LogP contribution < -0.4 is 10.6 Å². The number of anilines is 1. The van der Waals surface area contributed by atoms with Crippen LogP contribution in [0.5, 0.6) is 0 Å². The fraction of sp³-hybridized carbons (Fsp3) is 0.500. The molecule has 1 fully saturated rings. The minimum Gasteiger partial charge on any atom is -0.336 e. The summed E-state index contributed by atoms with van der Waals surface area (Å²) in [6.45, 7) is 3.04. The lowest BCUT2D eigenvalue weighted by Crippen LogP contribution is -2.44. The zero-order chi connectivity index (χ0) is 15.2. The van der Waals surface area contributed by atoms with Crippen molar-refractivity contribution in [1.29, 1.82) is 0 Å². The fourth-order valence-electron chi connectivity index (χ4n) is 2.68. The normalized spacial score (nSPS) is 21.6. The molecule has 0 aromatic heterocycles. The van der Waals surface area contributed by atoms with Gasteiger partial charge >= 0.3 is 0 Å². The van der Waals surface area contributed by atoms with Gasteiger partial charge in [-0.3, -0.25) is 9.59 Å². The van der Waals surface area contributed by atoms with Crippen LogP contribution >= 0.6 is 0 Å². The first-order valence-corrected chi connectivity index (χ1v) is 7.39. The first kappa shape index (κ1) is 15.5. The lowest BCUT2D eigenvalue weighted by molar-refractivity contribution is -0.137. The van der Waals surface area contributed by atoms with Gasteiger partial charge in [0.25, 0.3) is 0 Å². The first-order valence-electron chi connectivity index (χ1n) is 7.39. The summed E-state index contributed by atoms with van der Waals surface area (Å²) < 4.78 is 0. The number of hydrogen-bond acceptors (Lipinski definition) is 3. The van der Waals surface area contributed by atoms with Gasteiger partial charge in [0.1, 0.15) is 0 Å². The molecule has 1 aromatic rings. The molecule has 0 saturated carbocycles. The van der Waals surface area contributed by atoms with Gasteiger partial charge in [-0.25, -0.2) is 0 Å². The molecule has 114 valence electrons. The first-order chi connectivity index (χ1) is 10.1. The maximum absolute atomic E-state index is 12.3. The molecular formula is C16H23N3O2. The Morgan fingerprint density at radius 2 is 2.05 bits per heavy atom. The second-order valence-electron chi connectivity index (χ2n) is 5.68. The number of para-hydroxylation sites is 1. The van der Waals surface area contributed by atoms with E-state index in [9.17, 15) is 9.59 Å². The highest BCUT2D eigenvalue weighted by Gasteiger charge is 2.27. The summed E-state index contributed by atoms with van der Waals surface area (Å²) in [6, 6.07) is 9.63. The second kappa shape index (κ2) is 7.22. The Hall–Kier alpha value is -1.88. The maximum atomic E-state index is 12.3. The van der Waals surface area contributed by atoms with E-state index in [0.717, 1.165) is 25.1 Å². The van der Waals surface area contributed by atoms with Crippen LogP contribution in [0.3, 0.4) is 0 Å². The lowest BCUT2D eigenvalue weighted by atomic mass is 9.92. The third-order valence-corrected chi connectivity index (χ3v) is 3.79. The maximum Gasteiger partial charge on any atom is 0.243 e. The summed E-state index contributed by atoms with van der Waals surface area (Å²) >= 11 is 0. The number of carbonyl (C=O) groups is 2. The highest BCUT2D eigenvalue weighted by molar-refractivity contribution is 5.94. The number of amides is 2. The van der Waals surface area contributed by atoms with Gasteiger partial charge in [0, 0.05) is 24.7 Å². The van der Waals surface area contributed by atoms with Crippen molar-refractivity contribution in [1.82, 2.24) is 10.2 Å². The van der Waals surface area contributed by atoms with E-state index < -0.39 is 0 Å². The minimum atomic E-state index is -0.168. The molecule has 1 heterocycles. The van der Waals surface area contributed by atoms with Crippen molar-refractivity contribution in [2.24, 2.45) is 5.92 Å². The predicted octanol–water partition coefficient (Wildman–Crippen LogP) is 1.47. The molecule has 1 aliphatic heterocycles. The van der Waals surface area contributed by atoms with Crippen molar-refractivity contribution < 1.29 is 9.59 Å². The predicted molar refractivity (Wildman–Crippen MR) is 82.9 cm³/mol. The topological polar surface area (TPSA) is 61.4 Å². The van der Waals surface area contributed by atoms with E-state index in [0.29, 0.717) is 6.04 Å². The Labute approximate surface area is 125 Å². The summed E-state index contributed by atoms with van der Waals surface area (Å²) in [5.74, 6) is -0.0821. The quantitative estimate of drug-likeness (QED) is 0.882. The van der Waals surface area contributed by atoms with Gasteiger partial charge in [-0.05, 0) is 38.4 Å². The zero-order valence-corrected chi connectivity index (χ0v) is 12.6. The summed E-state index contributed by atoms with van der Waals surface area (Å²) in [6.07, 6.45) is 1.68. The molecule has 0 aliphatic carbocycles. The van der Waals surface area contributed by atoms with E-state index in [1.165, 1.54) is 4.90 Å². The van der Waals surface area contributed by atoms with Crippen molar-refractivity contribution in [3.8, 4) is 0 Å². The largest absolute Gasteiger partial charge is 0.336 e. The minimum absolute atomic E-state index is 0.0239. The number of likely N-dealkylation sites (N-methyl/N-ethyl adjacent to an activating group) is 1.